The lowest BCUT2D eigenvalue weighted by Crippen LogP contribution is -2.00. The molecule has 1 rings (SSSR count). The number of aliphatic carboxylic acids is 2. The van der Waals surface area contributed by atoms with Crippen LogP contribution in [0.3, 0.4) is 0 Å². The molecule has 0 aliphatic rings. The van der Waals surface area contributed by atoms with E-state index in [0.29, 0.717) is 0 Å². The molecular formula is C25H40O5. The third-order valence-corrected chi connectivity index (χ3v) is 5.32. The van der Waals surface area contributed by atoms with Gasteiger partial charge in [0.05, 0.1) is 6.61 Å². The summed E-state index contributed by atoms with van der Waals surface area (Å²) in [5.41, 5.74) is 2.77. The van der Waals surface area contributed by atoms with E-state index in [1.807, 2.05) is 0 Å². The molecule has 0 atom stereocenters. The minimum absolute atomic E-state index is 0.275. The highest BCUT2D eigenvalue weighted by atomic mass is 16.5. The van der Waals surface area contributed by atoms with Crippen LogP contribution in [0.1, 0.15) is 102 Å². The summed E-state index contributed by atoms with van der Waals surface area (Å²) in [4.78, 5) is 21.1. The molecule has 30 heavy (non-hydrogen) atoms. The normalized spacial score (nSPS) is 10.8. The number of carbonyl (C=O) groups is 2. The van der Waals surface area contributed by atoms with E-state index < -0.39 is 11.9 Å². The van der Waals surface area contributed by atoms with Crippen LogP contribution in [0.4, 0.5) is 0 Å². The van der Waals surface area contributed by atoms with Gasteiger partial charge in [-0.1, -0.05) is 51.5 Å². The molecule has 0 unspecified atom stereocenters. The minimum atomic E-state index is -0.703. The van der Waals surface area contributed by atoms with E-state index >= 15 is 0 Å². The van der Waals surface area contributed by atoms with Crippen molar-refractivity contribution < 1.29 is 24.5 Å². The molecule has 0 aliphatic heterocycles. The van der Waals surface area contributed by atoms with Crippen molar-refractivity contribution in [3.63, 3.8) is 0 Å². The van der Waals surface area contributed by atoms with E-state index in [1.165, 1.54) is 11.1 Å². The quantitative estimate of drug-likeness (QED) is 0.253. The molecule has 1 aromatic carbocycles. The molecule has 0 amide bonds. The summed E-state index contributed by atoms with van der Waals surface area (Å²) in [7, 11) is 0. The second-order valence-electron chi connectivity index (χ2n) is 8.10. The Bertz CT molecular complexity index is 612. The Morgan fingerprint density at radius 2 is 1.23 bits per heavy atom. The fraction of sp³-hybridized carbons (Fsp3) is 0.680. The van der Waals surface area contributed by atoms with Crippen molar-refractivity contribution in [2.75, 3.05) is 6.61 Å². The van der Waals surface area contributed by atoms with E-state index in [0.717, 1.165) is 95.8 Å². The lowest BCUT2D eigenvalue weighted by Gasteiger charge is -2.13. The maximum atomic E-state index is 10.6. The zero-order valence-corrected chi connectivity index (χ0v) is 18.7. The average Bonchev–Trinajstić information content (AvgIpc) is 2.71. The number of aryl methyl sites for hydroxylation is 2. The number of carboxylic acids is 2. The Morgan fingerprint density at radius 1 is 0.733 bits per heavy atom. The van der Waals surface area contributed by atoms with Gasteiger partial charge in [-0.15, -0.1) is 0 Å². The van der Waals surface area contributed by atoms with Gasteiger partial charge in [0.2, 0.25) is 0 Å². The van der Waals surface area contributed by atoms with Crippen molar-refractivity contribution in [1.82, 2.24) is 0 Å². The van der Waals surface area contributed by atoms with E-state index in [1.54, 1.807) is 0 Å². The van der Waals surface area contributed by atoms with Gasteiger partial charge >= 0.3 is 11.9 Å². The van der Waals surface area contributed by atoms with Crippen LogP contribution in [0.2, 0.25) is 0 Å². The van der Waals surface area contributed by atoms with Gasteiger partial charge in [0.25, 0.3) is 0 Å². The number of hydrogen-bond donors (Lipinski definition) is 2. The summed E-state index contributed by atoms with van der Waals surface area (Å²) in [6, 6.07) is 6.48. The van der Waals surface area contributed by atoms with Crippen LogP contribution in [0.15, 0.2) is 18.2 Å². The SMILES string of the molecule is CCCOc1ccc(CCCCCCCC(=O)O)c(CCCCCCCC(=O)O)c1. The first kappa shape index (κ1) is 26.0. The van der Waals surface area contributed by atoms with E-state index in [-0.39, 0.29) is 12.8 Å². The number of unbranched alkanes of at least 4 members (excludes halogenated alkanes) is 8. The fourth-order valence-corrected chi connectivity index (χ4v) is 3.63. The Morgan fingerprint density at radius 3 is 1.77 bits per heavy atom. The first-order chi connectivity index (χ1) is 14.5. The molecular weight excluding hydrogens is 380 g/mol. The van der Waals surface area contributed by atoms with Gasteiger partial charge in [0.1, 0.15) is 5.75 Å². The third kappa shape index (κ3) is 13.2. The van der Waals surface area contributed by atoms with Crippen LogP contribution in [-0.4, -0.2) is 28.8 Å². The molecule has 0 radical (unpaired) electrons. The van der Waals surface area contributed by atoms with Crippen LogP contribution in [0.25, 0.3) is 0 Å². The van der Waals surface area contributed by atoms with Crippen molar-refractivity contribution in [2.24, 2.45) is 0 Å². The molecule has 0 spiro atoms. The van der Waals surface area contributed by atoms with Crippen molar-refractivity contribution in [2.45, 2.75) is 103 Å². The Labute approximate surface area is 181 Å². The van der Waals surface area contributed by atoms with Crippen LogP contribution in [0, 0.1) is 0 Å². The number of benzene rings is 1. The topological polar surface area (TPSA) is 83.8 Å². The molecule has 0 bridgehead atoms. The number of hydrogen-bond acceptors (Lipinski definition) is 3. The molecule has 0 saturated heterocycles. The van der Waals surface area contributed by atoms with Crippen LogP contribution < -0.4 is 4.74 Å². The van der Waals surface area contributed by atoms with Gasteiger partial charge in [-0.05, 0) is 68.2 Å². The number of ether oxygens (including phenoxy) is 1. The molecule has 0 saturated carbocycles. The van der Waals surface area contributed by atoms with Gasteiger partial charge in [0, 0.05) is 12.8 Å². The highest BCUT2D eigenvalue weighted by Gasteiger charge is 2.06. The Hall–Kier alpha value is -2.04. The summed E-state index contributed by atoms with van der Waals surface area (Å²) in [5, 5.41) is 17.4. The average molecular weight is 421 g/mol. The first-order valence-corrected chi connectivity index (χ1v) is 11.7. The molecule has 5 heteroatoms. The van der Waals surface area contributed by atoms with Crippen LogP contribution >= 0.6 is 0 Å². The van der Waals surface area contributed by atoms with Crippen molar-refractivity contribution in [3.8, 4) is 5.75 Å². The minimum Gasteiger partial charge on any atom is -0.494 e. The van der Waals surface area contributed by atoms with Crippen LogP contribution in [-0.2, 0) is 22.4 Å². The predicted molar refractivity (Wildman–Crippen MR) is 120 cm³/mol. The highest BCUT2D eigenvalue weighted by molar-refractivity contribution is 5.66. The van der Waals surface area contributed by atoms with Crippen molar-refractivity contribution >= 4 is 11.9 Å². The second-order valence-corrected chi connectivity index (χ2v) is 8.10. The second kappa shape index (κ2) is 16.7. The largest absolute Gasteiger partial charge is 0.494 e. The first-order valence-electron chi connectivity index (χ1n) is 11.7. The Balaban J connectivity index is 2.42. The molecule has 0 aliphatic carbocycles. The summed E-state index contributed by atoms with van der Waals surface area (Å²) in [6.07, 6.45) is 13.9. The summed E-state index contributed by atoms with van der Waals surface area (Å²) in [6.45, 7) is 2.84. The maximum absolute atomic E-state index is 10.6. The van der Waals surface area contributed by atoms with Crippen molar-refractivity contribution in [3.05, 3.63) is 29.3 Å². The van der Waals surface area contributed by atoms with E-state index in [2.05, 4.69) is 25.1 Å². The summed E-state index contributed by atoms with van der Waals surface area (Å²) in [5.74, 6) is -0.456. The zero-order chi connectivity index (χ0) is 22.0. The smallest absolute Gasteiger partial charge is 0.303 e. The molecule has 0 aromatic heterocycles. The Kier molecular flexibility index (Phi) is 14.5. The molecule has 1 aromatic rings. The zero-order valence-electron chi connectivity index (χ0n) is 18.7. The van der Waals surface area contributed by atoms with Crippen molar-refractivity contribution in [1.29, 1.82) is 0 Å². The van der Waals surface area contributed by atoms with Gasteiger partial charge in [-0.3, -0.25) is 9.59 Å². The summed E-state index contributed by atoms with van der Waals surface area (Å²) >= 11 is 0. The van der Waals surface area contributed by atoms with Gasteiger partial charge in [-0.2, -0.15) is 0 Å². The maximum Gasteiger partial charge on any atom is 0.303 e. The standard InChI is InChI=1S/C25H40O5/c1-2-19-30-23-18-17-21(13-9-5-3-7-11-15-24(26)27)22(20-23)14-10-6-4-8-12-16-25(28)29/h17-18,20H,2-16,19H2,1H3,(H,26,27)(H,28,29). The summed E-state index contributed by atoms with van der Waals surface area (Å²) < 4.78 is 5.82. The number of carboxylic acid groups (broad SMARTS) is 2. The van der Waals surface area contributed by atoms with Crippen LogP contribution in [0.5, 0.6) is 5.75 Å². The lowest BCUT2D eigenvalue weighted by atomic mass is 9.96. The molecule has 0 fully saturated rings. The number of rotatable bonds is 19. The lowest BCUT2D eigenvalue weighted by molar-refractivity contribution is -0.138. The monoisotopic (exact) mass is 420 g/mol. The predicted octanol–water partition coefficient (Wildman–Crippen LogP) is 6.41. The fourth-order valence-electron chi connectivity index (χ4n) is 3.63. The molecule has 0 heterocycles. The van der Waals surface area contributed by atoms with E-state index in [4.69, 9.17) is 14.9 Å². The molecule has 170 valence electrons. The van der Waals surface area contributed by atoms with E-state index in [9.17, 15) is 9.59 Å². The molecule has 2 N–H and O–H groups in total. The molecule has 5 nitrogen and oxygen atoms in total. The van der Waals surface area contributed by atoms with Gasteiger partial charge in [0.15, 0.2) is 0 Å². The van der Waals surface area contributed by atoms with Gasteiger partial charge < -0.3 is 14.9 Å². The third-order valence-electron chi connectivity index (χ3n) is 5.32. The highest BCUT2D eigenvalue weighted by Crippen LogP contribution is 2.23. The van der Waals surface area contributed by atoms with Gasteiger partial charge in [-0.25, -0.2) is 0 Å².